The van der Waals surface area contributed by atoms with Gasteiger partial charge in [-0.15, -0.1) is 0 Å². The van der Waals surface area contributed by atoms with Crippen LogP contribution >= 0.6 is 27.5 Å². The number of rotatable bonds is 5. The fourth-order valence-corrected chi connectivity index (χ4v) is 4.55. The third-order valence-electron chi connectivity index (χ3n) is 5.32. The van der Waals surface area contributed by atoms with Crippen LogP contribution in [0.15, 0.2) is 21.7 Å². The van der Waals surface area contributed by atoms with E-state index >= 15 is 0 Å². The van der Waals surface area contributed by atoms with Crippen LogP contribution in [0.2, 0.25) is 5.02 Å². The number of aromatic hydroxyl groups is 1. The first-order valence-corrected chi connectivity index (χ1v) is 11.5. The minimum atomic E-state index is 0.0728. The third-order valence-corrected chi connectivity index (χ3v) is 6.14. The number of hydrazone groups is 1. The Morgan fingerprint density at radius 3 is 2.07 bits per heavy atom. The van der Waals surface area contributed by atoms with E-state index in [1.165, 1.54) is 19.1 Å². The van der Waals surface area contributed by atoms with E-state index in [2.05, 4.69) is 46.2 Å². The molecule has 2 saturated heterocycles. The van der Waals surface area contributed by atoms with Crippen molar-refractivity contribution in [3.05, 3.63) is 27.2 Å². The largest absolute Gasteiger partial charge is 0.506 e. The molecule has 10 heteroatoms. The number of anilines is 3. The van der Waals surface area contributed by atoms with Crippen LogP contribution in [-0.4, -0.2) is 52.5 Å². The molecule has 2 N–H and O–H groups in total. The van der Waals surface area contributed by atoms with Gasteiger partial charge in [-0.1, -0.05) is 11.6 Å². The Morgan fingerprint density at radius 2 is 1.50 bits per heavy atom. The van der Waals surface area contributed by atoms with Crippen molar-refractivity contribution in [2.75, 3.05) is 41.4 Å². The van der Waals surface area contributed by atoms with Gasteiger partial charge < -0.3 is 14.9 Å². The maximum atomic E-state index is 10.2. The molecule has 0 amide bonds. The van der Waals surface area contributed by atoms with Gasteiger partial charge in [-0.25, -0.2) is 5.43 Å². The SMILES string of the molecule is Oc1c(Br)cc(Cl)cc1C=NNc1nc(N2CCCCC2)nc(N2CCCCC2)n1. The van der Waals surface area contributed by atoms with E-state index in [9.17, 15) is 5.11 Å². The normalized spacial score (nSPS) is 17.5. The first-order chi connectivity index (χ1) is 14.6. The Hall–Kier alpha value is -2.13. The molecule has 1 aromatic carbocycles. The van der Waals surface area contributed by atoms with Gasteiger partial charge in [0.25, 0.3) is 0 Å². The molecule has 2 aliphatic rings. The summed E-state index contributed by atoms with van der Waals surface area (Å²) in [4.78, 5) is 18.4. The number of hydrogen-bond acceptors (Lipinski definition) is 8. The van der Waals surface area contributed by atoms with Gasteiger partial charge in [0.15, 0.2) is 0 Å². The quantitative estimate of drug-likeness (QED) is 0.470. The van der Waals surface area contributed by atoms with Crippen LogP contribution in [0.1, 0.15) is 44.1 Å². The summed E-state index contributed by atoms with van der Waals surface area (Å²) in [6.07, 6.45) is 8.58. The monoisotopic (exact) mass is 493 g/mol. The number of hydrogen-bond donors (Lipinski definition) is 2. The summed E-state index contributed by atoms with van der Waals surface area (Å²) in [5, 5.41) is 14.9. The van der Waals surface area contributed by atoms with Crippen LogP contribution in [0.5, 0.6) is 5.75 Å². The molecule has 1 aromatic heterocycles. The number of halogens is 2. The minimum Gasteiger partial charge on any atom is -0.506 e. The Kier molecular flexibility index (Phi) is 6.89. The molecule has 8 nitrogen and oxygen atoms in total. The molecule has 0 bridgehead atoms. The summed E-state index contributed by atoms with van der Waals surface area (Å²) in [5.41, 5.74) is 3.39. The maximum absolute atomic E-state index is 10.2. The molecule has 0 radical (unpaired) electrons. The molecule has 160 valence electrons. The second-order valence-electron chi connectivity index (χ2n) is 7.55. The van der Waals surface area contributed by atoms with Crippen molar-refractivity contribution >= 4 is 51.6 Å². The fraction of sp³-hybridized carbons (Fsp3) is 0.500. The van der Waals surface area contributed by atoms with E-state index in [1.807, 2.05) is 0 Å². The average molecular weight is 495 g/mol. The van der Waals surface area contributed by atoms with E-state index in [-0.39, 0.29) is 5.75 Å². The first kappa shape index (κ1) is 21.1. The summed E-state index contributed by atoms with van der Waals surface area (Å²) in [6.45, 7) is 3.82. The van der Waals surface area contributed by atoms with Crippen molar-refractivity contribution < 1.29 is 5.11 Å². The first-order valence-electron chi connectivity index (χ1n) is 10.3. The van der Waals surface area contributed by atoms with Gasteiger partial charge in [0.1, 0.15) is 5.75 Å². The van der Waals surface area contributed by atoms with E-state index < -0.39 is 0 Å². The van der Waals surface area contributed by atoms with Gasteiger partial charge in [0, 0.05) is 36.8 Å². The van der Waals surface area contributed by atoms with Gasteiger partial charge in [-0.3, -0.25) is 0 Å². The number of phenolic OH excluding ortho intramolecular Hbond substituents is 1. The second kappa shape index (κ2) is 9.78. The predicted molar refractivity (Wildman–Crippen MR) is 124 cm³/mol. The molecular weight excluding hydrogens is 470 g/mol. The topological polar surface area (TPSA) is 89.8 Å². The van der Waals surface area contributed by atoms with Gasteiger partial charge in [0.05, 0.1) is 10.7 Å². The van der Waals surface area contributed by atoms with E-state index in [0.717, 1.165) is 51.9 Å². The summed E-state index contributed by atoms with van der Waals surface area (Å²) in [7, 11) is 0. The number of piperidine rings is 2. The van der Waals surface area contributed by atoms with Crippen LogP contribution in [0.25, 0.3) is 0 Å². The smallest absolute Gasteiger partial charge is 0.250 e. The molecule has 4 rings (SSSR count). The second-order valence-corrected chi connectivity index (χ2v) is 8.84. The highest BCUT2D eigenvalue weighted by atomic mass is 79.9. The predicted octanol–water partition coefficient (Wildman–Crippen LogP) is 4.42. The Bertz CT molecular complexity index is 878. The average Bonchev–Trinajstić information content (AvgIpc) is 2.78. The minimum absolute atomic E-state index is 0.0728. The molecule has 30 heavy (non-hydrogen) atoms. The number of benzene rings is 1. The summed E-state index contributed by atoms with van der Waals surface area (Å²) in [6, 6.07) is 3.27. The molecule has 2 aliphatic heterocycles. The van der Waals surface area contributed by atoms with Crippen molar-refractivity contribution in [2.45, 2.75) is 38.5 Å². The standard InChI is InChI=1S/C20H25BrClN7O/c21-16-12-15(22)11-14(17(16)30)13-23-27-18-24-19(28-7-3-1-4-8-28)26-20(25-18)29-9-5-2-6-10-29/h11-13,30H,1-10H2,(H,24,25,26,27). The van der Waals surface area contributed by atoms with Gasteiger partial charge in [0.2, 0.25) is 17.8 Å². The van der Waals surface area contributed by atoms with E-state index in [4.69, 9.17) is 16.6 Å². The summed E-state index contributed by atoms with van der Waals surface area (Å²) < 4.78 is 0.511. The van der Waals surface area contributed by atoms with Gasteiger partial charge >= 0.3 is 0 Å². The van der Waals surface area contributed by atoms with Crippen LogP contribution in [0, 0.1) is 0 Å². The molecule has 3 heterocycles. The molecule has 0 atom stereocenters. The molecule has 0 unspecified atom stereocenters. The number of nitrogens with zero attached hydrogens (tertiary/aromatic N) is 6. The number of nitrogens with one attached hydrogen (secondary N) is 1. The number of aromatic nitrogens is 3. The lowest BCUT2D eigenvalue weighted by atomic mass is 10.1. The van der Waals surface area contributed by atoms with Crippen molar-refractivity contribution in [3.8, 4) is 5.75 Å². The van der Waals surface area contributed by atoms with Crippen LogP contribution in [0.3, 0.4) is 0 Å². The Labute approximate surface area is 189 Å². The molecule has 0 spiro atoms. The van der Waals surface area contributed by atoms with Crippen molar-refractivity contribution in [1.29, 1.82) is 0 Å². The third kappa shape index (κ3) is 5.13. The summed E-state index contributed by atoms with van der Waals surface area (Å²) >= 11 is 9.34. The zero-order chi connectivity index (χ0) is 20.9. The van der Waals surface area contributed by atoms with E-state index in [0.29, 0.717) is 32.9 Å². The molecular formula is C20H25BrClN7O. The van der Waals surface area contributed by atoms with Crippen molar-refractivity contribution in [2.24, 2.45) is 5.10 Å². The lowest BCUT2D eigenvalue weighted by Crippen LogP contribution is -2.34. The number of phenols is 1. The van der Waals surface area contributed by atoms with E-state index in [1.54, 1.807) is 12.1 Å². The van der Waals surface area contributed by atoms with Crippen LogP contribution in [-0.2, 0) is 0 Å². The van der Waals surface area contributed by atoms with Crippen LogP contribution in [0.4, 0.5) is 17.8 Å². The van der Waals surface area contributed by atoms with Crippen LogP contribution < -0.4 is 15.2 Å². The Balaban J connectivity index is 1.58. The van der Waals surface area contributed by atoms with Crippen molar-refractivity contribution in [1.82, 2.24) is 15.0 Å². The highest BCUT2D eigenvalue weighted by Gasteiger charge is 2.20. The maximum Gasteiger partial charge on any atom is 0.250 e. The van der Waals surface area contributed by atoms with Crippen molar-refractivity contribution in [3.63, 3.8) is 0 Å². The zero-order valence-corrected chi connectivity index (χ0v) is 19.0. The highest BCUT2D eigenvalue weighted by Crippen LogP contribution is 2.30. The molecule has 2 fully saturated rings. The fourth-order valence-electron chi connectivity index (χ4n) is 3.72. The lowest BCUT2D eigenvalue weighted by molar-refractivity contribution is 0.471. The highest BCUT2D eigenvalue weighted by molar-refractivity contribution is 9.10. The summed E-state index contributed by atoms with van der Waals surface area (Å²) in [5.74, 6) is 1.85. The zero-order valence-electron chi connectivity index (χ0n) is 16.7. The molecule has 0 saturated carbocycles. The molecule has 2 aromatic rings. The van der Waals surface area contributed by atoms with Gasteiger partial charge in [-0.05, 0) is 66.6 Å². The molecule has 0 aliphatic carbocycles. The Morgan fingerprint density at radius 1 is 0.933 bits per heavy atom. The lowest BCUT2D eigenvalue weighted by Gasteiger charge is -2.30. The van der Waals surface area contributed by atoms with Gasteiger partial charge in [-0.2, -0.15) is 20.1 Å².